The lowest BCUT2D eigenvalue weighted by atomic mass is 10.2. The molecular weight excluding hydrogens is 214 g/mol. The Morgan fingerprint density at radius 2 is 2.00 bits per heavy atom. The number of pyridine rings is 1. The largest absolute Gasteiger partial charge is 0.379 e. The van der Waals surface area contributed by atoms with Crippen LogP contribution in [-0.2, 0) is 16.1 Å². The molecule has 0 amide bonds. The molecule has 0 unspecified atom stereocenters. The monoisotopic (exact) mass is 229 g/mol. The molecule has 4 heteroatoms. The second kappa shape index (κ2) is 6.77. The van der Waals surface area contributed by atoms with Gasteiger partial charge in [0.2, 0.25) is 0 Å². The van der Waals surface area contributed by atoms with Gasteiger partial charge in [0.25, 0.3) is 0 Å². The molecule has 0 aliphatic heterocycles. The van der Waals surface area contributed by atoms with Crippen molar-refractivity contribution < 1.29 is 9.47 Å². The van der Waals surface area contributed by atoms with Gasteiger partial charge in [-0.1, -0.05) is 11.6 Å². The van der Waals surface area contributed by atoms with Gasteiger partial charge in [-0.3, -0.25) is 0 Å². The van der Waals surface area contributed by atoms with Crippen molar-refractivity contribution in [2.45, 2.75) is 20.5 Å². The number of halogens is 1. The summed E-state index contributed by atoms with van der Waals surface area (Å²) in [6.45, 7) is 6.39. The number of aryl methyl sites for hydroxylation is 1. The fraction of sp³-hybridized carbons (Fsp3) is 0.545. The maximum atomic E-state index is 5.82. The van der Waals surface area contributed by atoms with Gasteiger partial charge in [-0.25, -0.2) is 4.98 Å². The van der Waals surface area contributed by atoms with Crippen LogP contribution in [-0.4, -0.2) is 24.8 Å². The van der Waals surface area contributed by atoms with E-state index in [0.717, 1.165) is 17.9 Å². The summed E-state index contributed by atoms with van der Waals surface area (Å²) < 4.78 is 10.6. The average molecular weight is 230 g/mol. The van der Waals surface area contributed by atoms with Crippen LogP contribution < -0.4 is 0 Å². The van der Waals surface area contributed by atoms with Gasteiger partial charge in [0, 0.05) is 12.3 Å². The first kappa shape index (κ1) is 12.4. The Hall–Kier alpha value is -0.640. The molecule has 84 valence electrons. The van der Waals surface area contributed by atoms with Crippen molar-refractivity contribution >= 4 is 11.6 Å². The van der Waals surface area contributed by atoms with Crippen LogP contribution in [0.5, 0.6) is 0 Å². The molecule has 1 heterocycles. The first-order chi connectivity index (χ1) is 7.22. The van der Waals surface area contributed by atoms with Crippen LogP contribution in [0, 0.1) is 6.92 Å². The van der Waals surface area contributed by atoms with E-state index < -0.39 is 0 Å². The van der Waals surface area contributed by atoms with Crippen molar-refractivity contribution in [2.24, 2.45) is 0 Å². The molecule has 0 aliphatic rings. The number of hydrogen-bond acceptors (Lipinski definition) is 3. The Morgan fingerprint density at radius 3 is 2.67 bits per heavy atom. The van der Waals surface area contributed by atoms with Gasteiger partial charge < -0.3 is 9.47 Å². The zero-order valence-corrected chi connectivity index (χ0v) is 9.88. The highest BCUT2D eigenvalue weighted by atomic mass is 35.5. The molecule has 0 atom stereocenters. The smallest absolute Gasteiger partial charge is 0.129 e. The van der Waals surface area contributed by atoms with Crippen LogP contribution in [0.25, 0.3) is 0 Å². The van der Waals surface area contributed by atoms with Crippen LogP contribution in [0.1, 0.15) is 18.2 Å². The lowest BCUT2D eigenvalue weighted by Crippen LogP contribution is -2.04. The minimum absolute atomic E-state index is 0.512. The predicted octanol–water partition coefficient (Wildman–Crippen LogP) is 2.60. The van der Waals surface area contributed by atoms with E-state index in [1.807, 2.05) is 26.0 Å². The molecule has 0 N–H and O–H groups in total. The minimum Gasteiger partial charge on any atom is -0.379 e. The molecule has 0 aliphatic carbocycles. The maximum absolute atomic E-state index is 5.82. The standard InChI is InChI=1S/C11H16ClNO2/c1-3-14-4-5-15-8-10-6-9(2)13-11(12)7-10/h6-7H,3-5,8H2,1-2H3. The lowest BCUT2D eigenvalue weighted by Gasteiger charge is -2.05. The molecule has 1 aromatic heterocycles. The van der Waals surface area contributed by atoms with Crippen molar-refractivity contribution in [3.05, 3.63) is 28.5 Å². The number of nitrogens with zero attached hydrogens (tertiary/aromatic N) is 1. The van der Waals surface area contributed by atoms with E-state index in [4.69, 9.17) is 21.1 Å². The molecule has 0 saturated carbocycles. The van der Waals surface area contributed by atoms with Crippen molar-refractivity contribution in [2.75, 3.05) is 19.8 Å². The average Bonchev–Trinajstić information content (AvgIpc) is 2.16. The molecule has 1 rings (SSSR count). The van der Waals surface area contributed by atoms with Crippen LogP contribution in [0.2, 0.25) is 5.15 Å². The Bertz CT molecular complexity index is 284. The minimum atomic E-state index is 0.512. The number of hydrogen-bond donors (Lipinski definition) is 0. The highest BCUT2D eigenvalue weighted by Crippen LogP contribution is 2.11. The van der Waals surface area contributed by atoms with Crippen LogP contribution in [0.4, 0.5) is 0 Å². The van der Waals surface area contributed by atoms with E-state index >= 15 is 0 Å². The van der Waals surface area contributed by atoms with E-state index in [2.05, 4.69) is 4.98 Å². The maximum Gasteiger partial charge on any atom is 0.129 e. The van der Waals surface area contributed by atoms with Gasteiger partial charge in [-0.05, 0) is 31.5 Å². The first-order valence-corrected chi connectivity index (χ1v) is 5.38. The Labute approximate surface area is 95.4 Å². The highest BCUT2D eigenvalue weighted by Gasteiger charge is 1.98. The predicted molar refractivity (Wildman–Crippen MR) is 60.1 cm³/mol. The van der Waals surface area contributed by atoms with Crippen LogP contribution in [0.15, 0.2) is 12.1 Å². The second-order valence-corrected chi connectivity index (χ2v) is 3.58. The molecule has 1 aromatic rings. The van der Waals surface area contributed by atoms with Crippen molar-refractivity contribution in [1.82, 2.24) is 4.98 Å². The summed E-state index contributed by atoms with van der Waals surface area (Å²) in [6, 6.07) is 3.78. The summed E-state index contributed by atoms with van der Waals surface area (Å²) in [4.78, 5) is 4.08. The fourth-order valence-electron chi connectivity index (χ4n) is 1.23. The zero-order valence-electron chi connectivity index (χ0n) is 9.12. The van der Waals surface area contributed by atoms with Crippen LogP contribution >= 0.6 is 11.6 Å². The third kappa shape index (κ3) is 5.11. The summed E-state index contributed by atoms with van der Waals surface area (Å²) in [5, 5.41) is 0.512. The summed E-state index contributed by atoms with van der Waals surface area (Å²) in [5.74, 6) is 0. The quantitative estimate of drug-likeness (QED) is 0.555. The van der Waals surface area contributed by atoms with E-state index in [9.17, 15) is 0 Å². The number of aromatic nitrogens is 1. The fourth-order valence-corrected chi connectivity index (χ4v) is 1.50. The third-order valence-corrected chi connectivity index (χ3v) is 2.02. The number of ether oxygens (including phenoxy) is 2. The van der Waals surface area contributed by atoms with Gasteiger partial charge in [0.05, 0.1) is 19.8 Å². The van der Waals surface area contributed by atoms with E-state index in [1.54, 1.807) is 0 Å². The molecule has 0 bridgehead atoms. The molecule has 0 radical (unpaired) electrons. The second-order valence-electron chi connectivity index (χ2n) is 3.19. The molecule has 15 heavy (non-hydrogen) atoms. The Balaban J connectivity index is 2.31. The summed E-state index contributed by atoms with van der Waals surface area (Å²) in [6.07, 6.45) is 0. The highest BCUT2D eigenvalue weighted by molar-refractivity contribution is 6.29. The zero-order chi connectivity index (χ0) is 11.1. The third-order valence-electron chi connectivity index (χ3n) is 1.83. The van der Waals surface area contributed by atoms with Gasteiger partial charge in [0.15, 0.2) is 0 Å². The summed E-state index contributed by atoms with van der Waals surface area (Å²) in [7, 11) is 0. The Morgan fingerprint density at radius 1 is 1.27 bits per heavy atom. The van der Waals surface area contributed by atoms with E-state index in [1.165, 1.54) is 0 Å². The molecule has 3 nitrogen and oxygen atoms in total. The summed E-state index contributed by atoms with van der Waals surface area (Å²) >= 11 is 5.82. The van der Waals surface area contributed by atoms with Gasteiger partial charge >= 0.3 is 0 Å². The van der Waals surface area contributed by atoms with E-state index in [0.29, 0.717) is 25.0 Å². The SMILES string of the molecule is CCOCCOCc1cc(C)nc(Cl)c1. The van der Waals surface area contributed by atoms with Crippen molar-refractivity contribution in [1.29, 1.82) is 0 Å². The van der Waals surface area contributed by atoms with Gasteiger partial charge in [0.1, 0.15) is 5.15 Å². The topological polar surface area (TPSA) is 31.4 Å². The molecule has 0 saturated heterocycles. The van der Waals surface area contributed by atoms with Crippen molar-refractivity contribution in [3.63, 3.8) is 0 Å². The lowest BCUT2D eigenvalue weighted by molar-refractivity contribution is 0.0452. The van der Waals surface area contributed by atoms with E-state index in [-0.39, 0.29) is 0 Å². The number of rotatable bonds is 6. The summed E-state index contributed by atoms with van der Waals surface area (Å²) in [5.41, 5.74) is 1.95. The van der Waals surface area contributed by atoms with Crippen LogP contribution in [0.3, 0.4) is 0 Å². The molecule has 0 fully saturated rings. The molecule has 0 aromatic carbocycles. The van der Waals surface area contributed by atoms with Crippen molar-refractivity contribution in [3.8, 4) is 0 Å². The van der Waals surface area contributed by atoms with Gasteiger partial charge in [-0.15, -0.1) is 0 Å². The molecule has 0 spiro atoms. The normalized spacial score (nSPS) is 10.6. The molecular formula is C11H16ClNO2. The Kier molecular flexibility index (Phi) is 5.61. The van der Waals surface area contributed by atoms with Gasteiger partial charge in [-0.2, -0.15) is 0 Å². The first-order valence-electron chi connectivity index (χ1n) is 5.01.